The molecule has 1 aliphatic heterocycles. The summed E-state index contributed by atoms with van der Waals surface area (Å²) in [5, 5.41) is 7.87. The number of aromatic nitrogens is 2. The summed E-state index contributed by atoms with van der Waals surface area (Å²) < 4.78 is 28.8. The molecule has 2 heterocycles. The van der Waals surface area contributed by atoms with Gasteiger partial charge in [-0.1, -0.05) is 26.8 Å². The summed E-state index contributed by atoms with van der Waals surface area (Å²) in [4.78, 5) is 25.2. The summed E-state index contributed by atoms with van der Waals surface area (Å²) in [6.07, 6.45) is 4.24. The lowest BCUT2D eigenvalue weighted by atomic mass is 9.45. The third-order valence-corrected chi connectivity index (χ3v) is 10.0. The van der Waals surface area contributed by atoms with Crippen molar-refractivity contribution in [1.29, 1.82) is 0 Å². The second-order valence-corrected chi connectivity index (χ2v) is 12.9. The number of rotatable bonds is 5. The van der Waals surface area contributed by atoms with E-state index in [9.17, 15) is 13.6 Å². The number of benzene rings is 2. The summed E-state index contributed by atoms with van der Waals surface area (Å²) in [6, 6.07) is 9.76. The van der Waals surface area contributed by atoms with E-state index in [0.717, 1.165) is 55.6 Å². The number of guanidine groups is 1. The highest BCUT2D eigenvalue weighted by Crippen LogP contribution is 2.61. The third kappa shape index (κ3) is 5.36. The van der Waals surface area contributed by atoms with Crippen molar-refractivity contribution in [3.8, 4) is 0 Å². The Morgan fingerprint density at radius 2 is 2.00 bits per heavy atom. The summed E-state index contributed by atoms with van der Waals surface area (Å²) in [6.45, 7) is 12.3. The van der Waals surface area contributed by atoms with Gasteiger partial charge in [0.15, 0.2) is 5.96 Å². The Hall–Kier alpha value is -3.33. The standard InChI is InChI=1S/C32H40F2N6O/c1-19-17-39(12-10-35-19)31(38-28-14-22-13-26(20(28)2)32(22,3)4)37-24-7-8-25-29(16-24)36-18-40(30(25)41)11-9-21-5-6-23(33)15-27(21)34/h5-8,15-16,18-20,22,26,28,35H,9-14,17H2,1-4H3,(H,37,38)/t19-,20+,22-,26-,28?/m0/s1. The van der Waals surface area contributed by atoms with Crippen LogP contribution in [0.2, 0.25) is 0 Å². The molecule has 5 atom stereocenters. The van der Waals surface area contributed by atoms with Crippen LogP contribution in [-0.2, 0) is 13.0 Å². The molecule has 3 aliphatic carbocycles. The van der Waals surface area contributed by atoms with Crippen LogP contribution in [0.5, 0.6) is 0 Å². The van der Waals surface area contributed by atoms with Crippen LogP contribution < -0.4 is 16.2 Å². The maximum absolute atomic E-state index is 14.1. The molecule has 41 heavy (non-hydrogen) atoms. The average molecular weight is 563 g/mol. The highest BCUT2D eigenvalue weighted by atomic mass is 19.1. The SMILES string of the molecule is C[C@H]1CN(C(=Nc2ccc3c(=O)n(CCc4ccc(F)cc4F)cnc3c2)NC2C[C@@H]3C[C@@H]([C@H]2C)C3(C)C)CCN1. The van der Waals surface area contributed by atoms with Crippen molar-refractivity contribution >= 4 is 22.5 Å². The zero-order valence-electron chi connectivity index (χ0n) is 24.3. The molecule has 4 aliphatic rings. The molecular weight excluding hydrogens is 522 g/mol. The lowest BCUT2D eigenvalue weighted by molar-refractivity contribution is -0.112. The monoisotopic (exact) mass is 562 g/mol. The molecule has 9 heteroatoms. The topological polar surface area (TPSA) is 74.5 Å². The van der Waals surface area contributed by atoms with E-state index in [1.807, 2.05) is 12.1 Å². The molecule has 3 saturated carbocycles. The highest BCUT2D eigenvalue weighted by molar-refractivity contribution is 5.86. The van der Waals surface area contributed by atoms with Gasteiger partial charge in [0.1, 0.15) is 11.6 Å². The Bertz CT molecular complexity index is 1530. The third-order valence-electron chi connectivity index (χ3n) is 10.0. The predicted octanol–water partition coefficient (Wildman–Crippen LogP) is 4.86. The first-order valence-corrected chi connectivity index (χ1v) is 14.9. The predicted molar refractivity (Wildman–Crippen MR) is 158 cm³/mol. The number of aliphatic imine (C=N–C) groups is 1. The van der Waals surface area contributed by atoms with E-state index in [-0.39, 0.29) is 18.5 Å². The molecule has 7 rings (SSSR count). The van der Waals surface area contributed by atoms with Crippen LogP contribution in [0.4, 0.5) is 14.5 Å². The van der Waals surface area contributed by atoms with Crippen molar-refractivity contribution < 1.29 is 8.78 Å². The zero-order valence-corrected chi connectivity index (χ0v) is 24.3. The minimum absolute atomic E-state index is 0.194. The molecular formula is C32H40F2N6O. The average Bonchev–Trinajstić information content (AvgIpc) is 2.94. The van der Waals surface area contributed by atoms with E-state index in [1.54, 1.807) is 6.07 Å². The van der Waals surface area contributed by atoms with Crippen molar-refractivity contribution in [2.24, 2.45) is 28.2 Å². The Balaban J connectivity index is 1.25. The number of nitrogens with one attached hydrogen (secondary N) is 2. The maximum atomic E-state index is 14.1. The molecule has 1 unspecified atom stereocenters. The highest BCUT2D eigenvalue weighted by Gasteiger charge is 2.56. The van der Waals surface area contributed by atoms with Gasteiger partial charge in [0.05, 0.1) is 22.9 Å². The summed E-state index contributed by atoms with van der Waals surface area (Å²) in [5.41, 5.74) is 1.90. The molecule has 218 valence electrons. The van der Waals surface area contributed by atoms with E-state index in [2.05, 4.69) is 48.2 Å². The van der Waals surface area contributed by atoms with Crippen LogP contribution in [0.15, 0.2) is 52.5 Å². The lowest BCUT2D eigenvalue weighted by Crippen LogP contribution is -2.63. The van der Waals surface area contributed by atoms with Crippen molar-refractivity contribution in [1.82, 2.24) is 25.1 Å². The molecule has 0 spiro atoms. The number of hydrogen-bond donors (Lipinski definition) is 2. The number of piperazine rings is 1. The van der Waals surface area contributed by atoms with E-state index in [1.165, 1.54) is 29.4 Å². The van der Waals surface area contributed by atoms with E-state index >= 15 is 0 Å². The van der Waals surface area contributed by atoms with Crippen LogP contribution in [0.1, 0.15) is 46.1 Å². The van der Waals surface area contributed by atoms with Gasteiger partial charge in [-0.2, -0.15) is 0 Å². The van der Waals surface area contributed by atoms with Crippen molar-refractivity contribution in [2.45, 2.75) is 65.6 Å². The number of nitrogens with zero attached hydrogens (tertiary/aromatic N) is 4. The fourth-order valence-electron chi connectivity index (χ4n) is 7.29. The van der Waals surface area contributed by atoms with Crippen LogP contribution in [-0.4, -0.2) is 52.1 Å². The van der Waals surface area contributed by atoms with Gasteiger partial charge >= 0.3 is 0 Å². The largest absolute Gasteiger partial charge is 0.353 e. The molecule has 1 aromatic heterocycles. The second kappa shape index (κ2) is 10.8. The summed E-state index contributed by atoms with van der Waals surface area (Å²) >= 11 is 0. The first kappa shape index (κ1) is 27.8. The van der Waals surface area contributed by atoms with E-state index in [4.69, 9.17) is 4.99 Å². The van der Waals surface area contributed by atoms with Crippen molar-refractivity contribution in [3.63, 3.8) is 0 Å². The van der Waals surface area contributed by atoms with Gasteiger partial charge in [-0.05, 0) is 79.2 Å². The van der Waals surface area contributed by atoms with Gasteiger partial charge in [0.25, 0.3) is 5.56 Å². The fourth-order valence-corrected chi connectivity index (χ4v) is 7.29. The molecule has 3 aromatic rings. The summed E-state index contributed by atoms with van der Waals surface area (Å²) in [7, 11) is 0. The van der Waals surface area contributed by atoms with E-state index in [0.29, 0.717) is 39.9 Å². The number of halogens is 2. The van der Waals surface area contributed by atoms with Gasteiger partial charge in [-0.15, -0.1) is 0 Å². The van der Waals surface area contributed by atoms with Crippen LogP contribution in [0.3, 0.4) is 0 Å². The first-order chi connectivity index (χ1) is 19.6. The quantitative estimate of drug-likeness (QED) is 0.343. The maximum Gasteiger partial charge on any atom is 0.261 e. The molecule has 2 N–H and O–H groups in total. The minimum atomic E-state index is -0.618. The normalized spacial score (nSPS) is 27.5. The molecule has 7 nitrogen and oxygen atoms in total. The molecule has 4 fully saturated rings. The summed E-state index contributed by atoms with van der Waals surface area (Å²) in [5.74, 6) is 1.71. The number of fused-ring (bicyclic) bond motifs is 3. The lowest BCUT2D eigenvalue weighted by Gasteiger charge is -2.62. The zero-order chi connectivity index (χ0) is 28.9. The van der Waals surface area contributed by atoms with Gasteiger partial charge in [-0.25, -0.2) is 18.8 Å². The Kier molecular flexibility index (Phi) is 7.34. The van der Waals surface area contributed by atoms with Gasteiger partial charge in [-0.3, -0.25) is 9.36 Å². The molecule has 0 radical (unpaired) electrons. The minimum Gasteiger partial charge on any atom is -0.353 e. The second-order valence-electron chi connectivity index (χ2n) is 12.9. The van der Waals surface area contributed by atoms with Crippen molar-refractivity contribution in [3.05, 3.63) is 70.3 Å². The van der Waals surface area contributed by atoms with Crippen LogP contribution in [0.25, 0.3) is 10.9 Å². The Labute approximate surface area is 240 Å². The van der Waals surface area contributed by atoms with Gasteiger partial charge in [0, 0.05) is 44.3 Å². The molecule has 1 saturated heterocycles. The Morgan fingerprint density at radius 3 is 2.73 bits per heavy atom. The Morgan fingerprint density at radius 1 is 1.17 bits per heavy atom. The van der Waals surface area contributed by atoms with Crippen LogP contribution in [0, 0.1) is 34.8 Å². The van der Waals surface area contributed by atoms with E-state index < -0.39 is 11.6 Å². The molecule has 2 bridgehead atoms. The van der Waals surface area contributed by atoms with Gasteiger partial charge < -0.3 is 15.5 Å². The van der Waals surface area contributed by atoms with Crippen LogP contribution >= 0.6 is 0 Å². The molecule has 0 amide bonds. The smallest absolute Gasteiger partial charge is 0.261 e. The van der Waals surface area contributed by atoms with Crippen molar-refractivity contribution in [2.75, 3.05) is 19.6 Å². The number of hydrogen-bond acceptors (Lipinski definition) is 4. The number of aryl methyl sites for hydroxylation is 2. The fraction of sp³-hybridized carbons (Fsp3) is 0.531. The van der Waals surface area contributed by atoms with Gasteiger partial charge in [0.2, 0.25) is 0 Å². The molecule has 2 aromatic carbocycles. The first-order valence-electron chi connectivity index (χ1n) is 14.9.